The highest BCUT2D eigenvalue weighted by atomic mass is 16.5. The van der Waals surface area contributed by atoms with E-state index >= 15 is 0 Å². The number of carbonyl (C=O) groups is 1. The number of nitrogens with zero attached hydrogens (tertiary/aromatic N) is 6. The molecule has 0 radical (unpaired) electrons. The average Bonchev–Trinajstić information content (AvgIpc) is 3.35. The molecule has 0 aliphatic carbocycles. The summed E-state index contributed by atoms with van der Waals surface area (Å²) < 4.78 is 7.14. The predicted octanol–water partition coefficient (Wildman–Crippen LogP) is 2.68. The molecule has 1 amide bonds. The number of guanidine groups is 1. The van der Waals surface area contributed by atoms with Crippen LogP contribution in [0.2, 0.25) is 0 Å². The molecule has 2 aliphatic rings. The van der Waals surface area contributed by atoms with Gasteiger partial charge in [0.15, 0.2) is 5.96 Å². The summed E-state index contributed by atoms with van der Waals surface area (Å²) in [5.41, 5.74) is 6.68. The number of hydrogen-bond donors (Lipinski definition) is 1. The smallest absolute Gasteiger partial charge is 0.254 e. The summed E-state index contributed by atoms with van der Waals surface area (Å²) in [7, 11) is 5.48. The Hall–Kier alpha value is -3.88. The number of aromatic nitrogens is 3. The molecule has 4 heterocycles. The Bertz CT molecular complexity index is 1300. The maximum atomic E-state index is 13.7. The van der Waals surface area contributed by atoms with Gasteiger partial charge < -0.3 is 19.4 Å². The highest BCUT2D eigenvalue weighted by Crippen LogP contribution is 2.34. The van der Waals surface area contributed by atoms with E-state index < -0.39 is 0 Å². The quantitative estimate of drug-likeness (QED) is 0.592. The van der Waals surface area contributed by atoms with Gasteiger partial charge in [-0.3, -0.25) is 19.9 Å². The molecule has 2 aliphatic heterocycles. The highest BCUT2D eigenvalue weighted by Gasteiger charge is 2.30. The zero-order valence-corrected chi connectivity index (χ0v) is 20.7. The molecule has 0 unspecified atom stereocenters. The van der Waals surface area contributed by atoms with E-state index in [0.29, 0.717) is 25.6 Å². The van der Waals surface area contributed by atoms with Crippen molar-refractivity contribution >= 4 is 11.9 Å². The van der Waals surface area contributed by atoms with Gasteiger partial charge in [-0.05, 0) is 48.2 Å². The number of likely N-dealkylation sites (N-methyl/N-ethyl adjacent to an activating group) is 1. The fourth-order valence-corrected chi connectivity index (χ4v) is 5.02. The molecule has 3 aromatic rings. The number of benzene rings is 1. The van der Waals surface area contributed by atoms with Gasteiger partial charge in [0, 0.05) is 69.9 Å². The number of rotatable bonds is 6. The van der Waals surface area contributed by atoms with Crippen molar-refractivity contribution in [1.82, 2.24) is 29.5 Å². The first-order chi connectivity index (χ1) is 16.8. The van der Waals surface area contributed by atoms with E-state index in [1.165, 1.54) is 0 Å². The first-order valence-corrected chi connectivity index (χ1v) is 11.8. The van der Waals surface area contributed by atoms with E-state index in [1.807, 2.05) is 58.7 Å². The van der Waals surface area contributed by atoms with E-state index in [9.17, 15) is 4.79 Å². The van der Waals surface area contributed by atoms with Crippen molar-refractivity contribution in [1.29, 1.82) is 5.41 Å². The Morgan fingerprint density at radius 3 is 2.51 bits per heavy atom. The van der Waals surface area contributed by atoms with Crippen LogP contribution in [0.15, 0.2) is 36.7 Å². The van der Waals surface area contributed by atoms with E-state index in [0.717, 1.165) is 64.5 Å². The van der Waals surface area contributed by atoms with Crippen LogP contribution in [0.5, 0.6) is 5.75 Å². The number of fused-ring (bicyclic) bond motifs is 1. The van der Waals surface area contributed by atoms with Crippen LogP contribution in [-0.2, 0) is 26.6 Å². The van der Waals surface area contributed by atoms with Crippen molar-refractivity contribution in [2.24, 2.45) is 7.05 Å². The minimum Gasteiger partial charge on any atom is -0.497 e. The zero-order chi connectivity index (χ0) is 24.7. The molecule has 0 saturated carbocycles. The van der Waals surface area contributed by atoms with E-state index in [4.69, 9.17) is 10.1 Å². The van der Waals surface area contributed by atoms with E-state index in [2.05, 4.69) is 16.1 Å². The first-order valence-electron chi connectivity index (χ1n) is 11.8. The molecule has 35 heavy (non-hydrogen) atoms. The Kier molecular flexibility index (Phi) is 5.92. The molecular weight excluding hydrogens is 442 g/mol. The Morgan fingerprint density at radius 1 is 1.03 bits per heavy atom. The third kappa shape index (κ3) is 4.34. The van der Waals surface area contributed by atoms with Crippen molar-refractivity contribution in [2.75, 3.05) is 33.8 Å². The molecule has 0 spiro atoms. The van der Waals surface area contributed by atoms with E-state index in [-0.39, 0.29) is 5.91 Å². The van der Waals surface area contributed by atoms with E-state index in [1.54, 1.807) is 19.4 Å². The van der Waals surface area contributed by atoms with Crippen LogP contribution in [0.25, 0.3) is 11.1 Å². The number of methoxy groups -OCH3 is 1. The van der Waals surface area contributed by atoms with Crippen molar-refractivity contribution in [2.45, 2.75) is 26.4 Å². The lowest BCUT2D eigenvalue weighted by atomic mass is 9.88. The Balaban J connectivity index is 1.52. The summed E-state index contributed by atoms with van der Waals surface area (Å²) in [5.74, 6) is 1.25. The van der Waals surface area contributed by atoms with Gasteiger partial charge in [0.05, 0.1) is 25.0 Å². The first kappa shape index (κ1) is 22.9. The summed E-state index contributed by atoms with van der Waals surface area (Å²) >= 11 is 0. The summed E-state index contributed by atoms with van der Waals surface area (Å²) in [6.45, 7) is 5.28. The topological polar surface area (TPSA) is 90.6 Å². The largest absolute Gasteiger partial charge is 0.497 e. The zero-order valence-electron chi connectivity index (χ0n) is 20.7. The van der Waals surface area contributed by atoms with Crippen LogP contribution in [0.4, 0.5) is 0 Å². The normalized spacial score (nSPS) is 15.7. The molecule has 9 heteroatoms. The lowest BCUT2D eigenvalue weighted by Gasteiger charge is -2.31. The van der Waals surface area contributed by atoms with Gasteiger partial charge in [-0.1, -0.05) is 0 Å². The van der Waals surface area contributed by atoms with Gasteiger partial charge in [-0.25, -0.2) is 0 Å². The SMILES string of the molecule is COc1ccnc(CN2CCc3c(cc(CN4CCN(C)C4=N)cc3-c3cn(C)nc3C)C2=O)c1. The van der Waals surface area contributed by atoms with Gasteiger partial charge in [0.2, 0.25) is 0 Å². The summed E-state index contributed by atoms with van der Waals surface area (Å²) in [6.07, 6.45) is 4.49. The molecule has 1 fully saturated rings. The number of nitrogens with one attached hydrogen (secondary N) is 1. The second-order valence-electron chi connectivity index (χ2n) is 9.30. The van der Waals surface area contributed by atoms with Gasteiger partial charge in [-0.2, -0.15) is 5.10 Å². The van der Waals surface area contributed by atoms with Crippen LogP contribution < -0.4 is 4.74 Å². The van der Waals surface area contributed by atoms with Crippen LogP contribution in [0.3, 0.4) is 0 Å². The summed E-state index contributed by atoms with van der Waals surface area (Å²) in [6, 6.07) is 7.88. The lowest BCUT2D eigenvalue weighted by molar-refractivity contribution is 0.0724. The van der Waals surface area contributed by atoms with Crippen molar-refractivity contribution in [3.8, 4) is 16.9 Å². The molecule has 182 valence electrons. The number of amides is 1. The standard InChI is InChI=1S/C26H31N7O2/c1-17-24(16-31(3)29-17)22-11-18(14-33-10-9-30(2)26(33)27)12-23-21(22)6-8-32(25(23)34)15-19-13-20(35-4)5-7-28-19/h5,7,11-13,16,27H,6,8-10,14-15H2,1-4H3. The molecule has 1 saturated heterocycles. The predicted molar refractivity (Wildman–Crippen MR) is 133 cm³/mol. The second kappa shape index (κ2) is 9.05. The molecule has 9 nitrogen and oxygen atoms in total. The van der Waals surface area contributed by atoms with Gasteiger partial charge in [0.25, 0.3) is 5.91 Å². The molecular formula is C26H31N7O2. The van der Waals surface area contributed by atoms with Crippen LogP contribution in [0, 0.1) is 12.3 Å². The molecule has 1 N–H and O–H groups in total. The van der Waals surface area contributed by atoms with Crippen LogP contribution in [0.1, 0.15) is 32.9 Å². The average molecular weight is 474 g/mol. The number of ether oxygens (including phenoxy) is 1. The van der Waals surface area contributed by atoms with Crippen LogP contribution >= 0.6 is 0 Å². The number of aryl methyl sites for hydroxylation is 2. The third-order valence-electron chi connectivity index (χ3n) is 6.88. The van der Waals surface area contributed by atoms with Crippen molar-refractivity contribution in [3.63, 3.8) is 0 Å². The summed E-state index contributed by atoms with van der Waals surface area (Å²) in [5, 5.41) is 12.9. The Morgan fingerprint density at radius 2 is 1.83 bits per heavy atom. The number of pyridine rings is 1. The van der Waals surface area contributed by atoms with Gasteiger partial charge in [0.1, 0.15) is 5.75 Å². The molecule has 2 aromatic heterocycles. The minimum atomic E-state index is 0.00845. The van der Waals surface area contributed by atoms with Crippen molar-refractivity contribution in [3.05, 3.63) is 64.7 Å². The monoisotopic (exact) mass is 473 g/mol. The van der Waals surface area contributed by atoms with Gasteiger partial charge in [-0.15, -0.1) is 0 Å². The maximum absolute atomic E-state index is 13.7. The van der Waals surface area contributed by atoms with Crippen LogP contribution in [-0.4, -0.2) is 75.1 Å². The minimum absolute atomic E-state index is 0.00845. The summed E-state index contributed by atoms with van der Waals surface area (Å²) in [4.78, 5) is 24.0. The highest BCUT2D eigenvalue weighted by molar-refractivity contribution is 5.99. The molecule has 0 bridgehead atoms. The van der Waals surface area contributed by atoms with Crippen molar-refractivity contribution < 1.29 is 9.53 Å². The number of hydrogen-bond acceptors (Lipinski definition) is 5. The molecule has 5 rings (SSSR count). The molecule has 1 aromatic carbocycles. The van der Waals surface area contributed by atoms with Gasteiger partial charge >= 0.3 is 0 Å². The molecule has 0 atom stereocenters. The Labute approximate surface area is 205 Å². The second-order valence-corrected chi connectivity index (χ2v) is 9.30. The number of carbonyl (C=O) groups excluding carboxylic acids is 1. The maximum Gasteiger partial charge on any atom is 0.254 e. The third-order valence-corrected chi connectivity index (χ3v) is 6.88. The fourth-order valence-electron chi connectivity index (χ4n) is 5.02. The fraction of sp³-hybridized carbons (Fsp3) is 0.385. The lowest BCUT2D eigenvalue weighted by Crippen LogP contribution is -2.38.